The van der Waals surface area contributed by atoms with Crippen LogP contribution < -0.4 is 11.3 Å². The first-order chi connectivity index (χ1) is 9.13. The highest BCUT2D eigenvalue weighted by Crippen LogP contribution is 2.37. The number of halogens is 1. The first-order valence-corrected chi connectivity index (χ1v) is 7.44. The number of hydrogen-bond donors (Lipinski definition) is 2. The minimum Gasteiger partial charge on any atom is -0.466 e. The first kappa shape index (κ1) is 15.0. The molecule has 0 spiro atoms. The molecule has 3 N–H and O–H groups in total. The van der Waals surface area contributed by atoms with Crippen molar-refractivity contribution in [3.8, 4) is 0 Å². The van der Waals surface area contributed by atoms with Gasteiger partial charge >= 0.3 is 0 Å². The molecule has 0 amide bonds. The number of ether oxygens (including phenoxy) is 1. The summed E-state index contributed by atoms with van der Waals surface area (Å²) >= 11 is 3.52. The Bertz CT molecular complexity index is 406. The number of nitrogens with one attached hydrogen (secondary N) is 1. The maximum Gasteiger partial charge on any atom is 0.138 e. The highest BCUT2D eigenvalue weighted by atomic mass is 79.9. The van der Waals surface area contributed by atoms with Gasteiger partial charge in [0.1, 0.15) is 5.76 Å². The van der Waals surface area contributed by atoms with Gasteiger partial charge in [-0.25, -0.2) is 5.43 Å². The van der Waals surface area contributed by atoms with E-state index in [2.05, 4.69) is 40.1 Å². The molecule has 0 aromatic carbocycles. The van der Waals surface area contributed by atoms with E-state index >= 15 is 0 Å². The van der Waals surface area contributed by atoms with Crippen molar-refractivity contribution >= 4 is 15.9 Å². The molecule has 1 aliphatic rings. The van der Waals surface area contributed by atoms with Crippen LogP contribution in [0.4, 0.5) is 0 Å². The number of nitrogens with two attached hydrogens (primary N) is 1. The van der Waals surface area contributed by atoms with E-state index < -0.39 is 0 Å². The van der Waals surface area contributed by atoms with Crippen LogP contribution in [0.3, 0.4) is 0 Å². The third-order valence-corrected chi connectivity index (χ3v) is 4.80. The molecule has 0 bridgehead atoms. The molecule has 0 saturated carbocycles. The lowest BCUT2D eigenvalue weighted by Crippen LogP contribution is -2.58. The van der Waals surface area contributed by atoms with E-state index in [0.717, 1.165) is 43.0 Å². The predicted octanol–water partition coefficient (Wildman–Crippen LogP) is 2.05. The smallest absolute Gasteiger partial charge is 0.138 e. The normalized spacial score (nSPS) is 22.1. The molecular weight excluding hydrogens is 310 g/mol. The van der Waals surface area contributed by atoms with Gasteiger partial charge in [-0.3, -0.25) is 10.7 Å². The van der Waals surface area contributed by atoms with Crippen molar-refractivity contribution in [2.45, 2.75) is 31.8 Å². The highest BCUT2D eigenvalue weighted by molar-refractivity contribution is 9.10. The largest absolute Gasteiger partial charge is 0.466 e. The van der Waals surface area contributed by atoms with Gasteiger partial charge in [-0.05, 0) is 35.3 Å². The summed E-state index contributed by atoms with van der Waals surface area (Å²) in [5.74, 6) is 6.66. The van der Waals surface area contributed by atoms with E-state index in [1.54, 1.807) is 6.26 Å². The molecule has 2 atom stereocenters. The van der Waals surface area contributed by atoms with Gasteiger partial charge < -0.3 is 9.15 Å². The van der Waals surface area contributed by atoms with Gasteiger partial charge in [-0.1, -0.05) is 6.92 Å². The molecule has 1 aromatic heterocycles. The monoisotopic (exact) mass is 331 g/mol. The Morgan fingerprint density at radius 3 is 2.68 bits per heavy atom. The minimum atomic E-state index is -0.112. The quantitative estimate of drug-likeness (QED) is 0.638. The van der Waals surface area contributed by atoms with E-state index in [4.69, 9.17) is 15.0 Å². The highest BCUT2D eigenvalue weighted by Gasteiger charge is 2.41. The van der Waals surface area contributed by atoms with Crippen LogP contribution in [-0.2, 0) is 4.74 Å². The van der Waals surface area contributed by atoms with Crippen LogP contribution in [0.1, 0.15) is 32.1 Å². The number of morpholine rings is 1. The van der Waals surface area contributed by atoms with E-state index in [1.165, 1.54) is 0 Å². The summed E-state index contributed by atoms with van der Waals surface area (Å²) in [7, 11) is 0. The second-order valence-corrected chi connectivity index (χ2v) is 5.90. The Kier molecular flexibility index (Phi) is 5.03. The summed E-state index contributed by atoms with van der Waals surface area (Å²) in [6.07, 6.45) is 2.65. The Morgan fingerprint density at radius 1 is 1.53 bits per heavy atom. The molecule has 1 aromatic rings. The van der Waals surface area contributed by atoms with Gasteiger partial charge in [0, 0.05) is 18.6 Å². The topological polar surface area (TPSA) is 63.7 Å². The standard InChI is InChI=1S/C13H22BrN3O2/c1-3-13(2,17-5-8-18-9-6-17)12(16-15)11-10(14)4-7-19-11/h4,7,12,16H,3,5-6,8-9,15H2,1-2H3. The molecule has 6 heteroatoms. The molecule has 19 heavy (non-hydrogen) atoms. The van der Waals surface area contributed by atoms with Gasteiger partial charge in [-0.15, -0.1) is 0 Å². The molecule has 108 valence electrons. The zero-order valence-corrected chi connectivity index (χ0v) is 13.1. The first-order valence-electron chi connectivity index (χ1n) is 6.65. The fraction of sp³-hybridized carbons (Fsp3) is 0.692. The zero-order chi connectivity index (χ0) is 13.9. The van der Waals surface area contributed by atoms with Crippen LogP contribution >= 0.6 is 15.9 Å². The number of hydrogen-bond acceptors (Lipinski definition) is 5. The van der Waals surface area contributed by atoms with Crippen LogP contribution in [0.5, 0.6) is 0 Å². The van der Waals surface area contributed by atoms with Gasteiger partial charge in [0.25, 0.3) is 0 Å². The lowest BCUT2D eigenvalue weighted by Gasteiger charge is -2.46. The lowest BCUT2D eigenvalue weighted by molar-refractivity contribution is -0.0358. The molecule has 0 aliphatic carbocycles. The number of nitrogens with zero attached hydrogens (tertiary/aromatic N) is 1. The van der Waals surface area contributed by atoms with Gasteiger partial charge in [0.15, 0.2) is 0 Å². The molecule has 1 fully saturated rings. The van der Waals surface area contributed by atoms with Crippen molar-refractivity contribution in [1.82, 2.24) is 10.3 Å². The zero-order valence-electron chi connectivity index (χ0n) is 11.5. The van der Waals surface area contributed by atoms with E-state index in [-0.39, 0.29) is 11.6 Å². The number of furan rings is 1. The molecular formula is C13H22BrN3O2. The summed E-state index contributed by atoms with van der Waals surface area (Å²) in [5, 5.41) is 0. The molecule has 2 rings (SSSR count). The van der Waals surface area contributed by atoms with Crippen molar-refractivity contribution in [2.24, 2.45) is 5.84 Å². The summed E-state index contributed by atoms with van der Waals surface area (Å²) < 4.78 is 12.0. The Morgan fingerprint density at radius 2 is 2.21 bits per heavy atom. The van der Waals surface area contributed by atoms with Crippen molar-refractivity contribution in [2.75, 3.05) is 26.3 Å². The predicted molar refractivity (Wildman–Crippen MR) is 77.6 cm³/mol. The van der Waals surface area contributed by atoms with Crippen molar-refractivity contribution in [3.63, 3.8) is 0 Å². The SMILES string of the molecule is CCC(C)(C(NN)c1occc1Br)N1CCOCC1. The Hall–Kier alpha value is -0.400. The molecule has 1 aliphatic heterocycles. The fourth-order valence-corrected chi connectivity index (χ4v) is 3.16. The van der Waals surface area contributed by atoms with Gasteiger partial charge in [0.05, 0.1) is 30.0 Å². The van der Waals surface area contributed by atoms with Gasteiger partial charge in [0.2, 0.25) is 0 Å². The summed E-state index contributed by atoms with van der Waals surface area (Å²) in [4.78, 5) is 2.43. The Balaban J connectivity index is 2.29. The van der Waals surface area contributed by atoms with Crippen LogP contribution in [0.25, 0.3) is 0 Å². The summed E-state index contributed by atoms with van der Waals surface area (Å²) in [5.41, 5.74) is 2.82. The van der Waals surface area contributed by atoms with Crippen LogP contribution in [-0.4, -0.2) is 36.7 Å². The Labute approximate surface area is 122 Å². The molecule has 1 saturated heterocycles. The summed E-state index contributed by atoms with van der Waals surface area (Å²) in [6, 6.07) is 1.83. The molecule has 2 heterocycles. The van der Waals surface area contributed by atoms with Crippen LogP contribution in [0.2, 0.25) is 0 Å². The van der Waals surface area contributed by atoms with Crippen LogP contribution in [0.15, 0.2) is 21.2 Å². The minimum absolute atomic E-state index is 0.0695. The third kappa shape index (κ3) is 2.87. The van der Waals surface area contributed by atoms with E-state index in [1.807, 2.05) is 6.07 Å². The lowest BCUT2D eigenvalue weighted by atomic mass is 9.85. The van der Waals surface area contributed by atoms with Crippen molar-refractivity contribution in [1.29, 1.82) is 0 Å². The number of hydrazine groups is 1. The van der Waals surface area contributed by atoms with Crippen molar-refractivity contribution < 1.29 is 9.15 Å². The maximum absolute atomic E-state index is 5.81. The fourth-order valence-electron chi connectivity index (χ4n) is 2.73. The second kappa shape index (κ2) is 6.37. The van der Waals surface area contributed by atoms with Gasteiger partial charge in [-0.2, -0.15) is 0 Å². The molecule has 0 radical (unpaired) electrons. The third-order valence-electron chi connectivity index (χ3n) is 4.14. The number of rotatable bonds is 5. The van der Waals surface area contributed by atoms with Crippen molar-refractivity contribution in [3.05, 3.63) is 22.6 Å². The average Bonchev–Trinajstić information content (AvgIpc) is 2.86. The summed E-state index contributed by atoms with van der Waals surface area (Å²) in [6.45, 7) is 7.77. The van der Waals surface area contributed by atoms with E-state index in [9.17, 15) is 0 Å². The van der Waals surface area contributed by atoms with Crippen LogP contribution in [0, 0.1) is 0 Å². The van der Waals surface area contributed by atoms with E-state index in [0.29, 0.717) is 0 Å². The molecule has 2 unspecified atom stereocenters. The average molecular weight is 332 g/mol. The molecule has 5 nitrogen and oxygen atoms in total. The second-order valence-electron chi connectivity index (χ2n) is 5.04. The maximum atomic E-state index is 5.81.